The van der Waals surface area contributed by atoms with Gasteiger partial charge in [0.2, 0.25) is 0 Å². The van der Waals surface area contributed by atoms with Crippen LogP contribution in [0.15, 0.2) is 0 Å². The average Bonchev–Trinajstić information content (AvgIpc) is 3.22. The van der Waals surface area contributed by atoms with Gasteiger partial charge >= 0.3 is 5.97 Å². The summed E-state index contributed by atoms with van der Waals surface area (Å²) >= 11 is 0. The number of anilines is 1. The molecule has 0 spiro atoms. The summed E-state index contributed by atoms with van der Waals surface area (Å²) in [5, 5.41) is 4.26. The molecule has 1 heterocycles. The van der Waals surface area contributed by atoms with E-state index in [0.717, 1.165) is 12.8 Å². The van der Waals surface area contributed by atoms with E-state index >= 15 is 0 Å². The van der Waals surface area contributed by atoms with Gasteiger partial charge in [0.05, 0.1) is 18.0 Å². The number of hydrogen-bond acceptors (Lipinski definition) is 5. The predicted octanol–water partition coefficient (Wildman–Crippen LogP) is 0.732. The van der Waals surface area contributed by atoms with Crippen LogP contribution in [0.1, 0.15) is 42.9 Å². The van der Waals surface area contributed by atoms with Crippen LogP contribution >= 0.6 is 0 Å². The highest BCUT2D eigenvalue weighted by atomic mass is 16.5. The van der Waals surface area contributed by atoms with Crippen molar-refractivity contribution in [2.75, 3.05) is 18.9 Å². The van der Waals surface area contributed by atoms with Gasteiger partial charge in [-0.25, -0.2) is 0 Å². The number of nitrogen functional groups attached to an aromatic ring is 1. The molecule has 0 unspecified atom stereocenters. The first-order valence-electron chi connectivity index (χ1n) is 7.27. The maximum absolute atomic E-state index is 12.7. The molecule has 1 aliphatic carbocycles. The topological polar surface area (TPSA) is 90.4 Å². The van der Waals surface area contributed by atoms with Gasteiger partial charge in [0.15, 0.2) is 0 Å². The predicted molar refractivity (Wildman–Crippen MR) is 77.7 cm³/mol. The lowest BCUT2D eigenvalue weighted by Gasteiger charge is -2.21. The van der Waals surface area contributed by atoms with Crippen LogP contribution in [0.3, 0.4) is 0 Å². The number of rotatable bonds is 6. The van der Waals surface area contributed by atoms with Crippen molar-refractivity contribution in [2.24, 2.45) is 7.05 Å². The van der Waals surface area contributed by atoms with Crippen molar-refractivity contribution in [3.8, 4) is 0 Å². The lowest BCUT2D eigenvalue weighted by Crippen LogP contribution is -2.39. The summed E-state index contributed by atoms with van der Waals surface area (Å²) in [5.41, 5.74) is 7.47. The second kappa shape index (κ2) is 6.15. The summed E-state index contributed by atoms with van der Waals surface area (Å²) in [7, 11) is 1.69. The van der Waals surface area contributed by atoms with Crippen molar-refractivity contribution in [1.82, 2.24) is 14.7 Å². The maximum atomic E-state index is 12.7. The van der Waals surface area contributed by atoms with Crippen molar-refractivity contribution in [3.63, 3.8) is 0 Å². The first kappa shape index (κ1) is 15.3. The fourth-order valence-corrected chi connectivity index (χ4v) is 2.35. The number of aromatic nitrogens is 2. The van der Waals surface area contributed by atoms with Crippen LogP contribution in [-0.4, -0.2) is 45.8 Å². The van der Waals surface area contributed by atoms with Crippen molar-refractivity contribution in [1.29, 1.82) is 0 Å². The molecule has 0 atom stereocenters. The molecule has 21 heavy (non-hydrogen) atoms. The zero-order valence-electron chi connectivity index (χ0n) is 12.8. The summed E-state index contributed by atoms with van der Waals surface area (Å²) < 4.78 is 6.43. The third kappa shape index (κ3) is 3.17. The summed E-state index contributed by atoms with van der Waals surface area (Å²) in [6, 6.07) is 0.0984. The van der Waals surface area contributed by atoms with E-state index in [-0.39, 0.29) is 18.5 Å². The second-order valence-corrected chi connectivity index (χ2v) is 5.16. The molecule has 2 rings (SSSR count). The van der Waals surface area contributed by atoms with E-state index in [2.05, 4.69) is 5.10 Å². The number of carbonyl (C=O) groups is 2. The fourth-order valence-electron chi connectivity index (χ4n) is 2.35. The molecule has 1 aromatic rings. The van der Waals surface area contributed by atoms with Crippen LogP contribution in [0, 0.1) is 0 Å². The van der Waals surface area contributed by atoms with E-state index in [1.165, 1.54) is 4.68 Å². The highest BCUT2D eigenvalue weighted by Crippen LogP contribution is 2.29. The average molecular weight is 294 g/mol. The molecule has 2 N–H and O–H groups in total. The number of nitrogens with two attached hydrogens (primary N) is 1. The van der Waals surface area contributed by atoms with Crippen LogP contribution < -0.4 is 5.73 Å². The quantitative estimate of drug-likeness (QED) is 0.781. The molecule has 1 saturated carbocycles. The Bertz CT molecular complexity index is 549. The second-order valence-electron chi connectivity index (χ2n) is 5.16. The Morgan fingerprint density at radius 2 is 2.10 bits per heavy atom. The number of amides is 1. The molecule has 0 aromatic carbocycles. The Balaban J connectivity index is 2.23. The molecule has 1 aliphatic rings. The number of aryl methyl sites for hydroxylation is 2. The molecule has 7 nitrogen and oxygen atoms in total. The van der Waals surface area contributed by atoms with Crippen molar-refractivity contribution in [2.45, 2.75) is 39.2 Å². The highest BCUT2D eigenvalue weighted by Gasteiger charge is 2.37. The third-order valence-electron chi connectivity index (χ3n) is 3.55. The molecule has 0 radical (unpaired) electrons. The standard InChI is InChI=1S/C14H22N4O3/c1-4-10-12(15)13(17(3)16-10)14(20)18(9-6-7-9)8-11(19)21-5-2/h9H,4-8,15H2,1-3H3. The molecule has 1 amide bonds. The number of carbonyl (C=O) groups excluding carboxylic acids is 2. The Morgan fingerprint density at radius 1 is 1.43 bits per heavy atom. The first-order chi connectivity index (χ1) is 9.99. The highest BCUT2D eigenvalue weighted by molar-refractivity contribution is 5.99. The zero-order valence-corrected chi connectivity index (χ0v) is 12.8. The maximum Gasteiger partial charge on any atom is 0.325 e. The lowest BCUT2D eigenvalue weighted by atomic mass is 10.2. The van der Waals surface area contributed by atoms with E-state index in [1.807, 2.05) is 6.92 Å². The van der Waals surface area contributed by atoms with E-state index in [1.54, 1.807) is 18.9 Å². The first-order valence-corrected chi connectivity index (χ1v) is 7.27. The molecule has 116 valence electrons. The molecule has 0 bridgehead atoms. The molecule has 0 aliphatic heterocycles. The van der Waals surface area contributed by atoms with Gasteiger partial charge < -0.3 is 15.4 Å². The normalized spacial score (nSPS) is 14.0. The Kier molecular flexibility index (Phi) is 4.50. The number of ether oxygens (including phenoxy) is 1. The molecule has 0 saturated heterocycles. The lowest BCUT2D eigenvalue weighted by molar-refractivity contribution is -0.144. The van der Waals surface area contributed by atoms with Gasteiger partial charge in [-0.3, -0.25) is 14.3 Å². The Morgan fingerprint density at radius 3 is 2.57 bits per heavy atom. The minimum Gasteiger partial charge on any atom is -0.465 e. The summed E-state index contributed by atoms with van der Waals surface area (Å²) in [6.45, 7) is 3.95. The van der Waals surface area contributed by atoms with Gasteiger partial charge in [-0.1, -0.05) is 6.92 Å². The summed E-state index contributed by atoms with van der Waals surface area (Å²) in [4.78, 5) is 25.9. The number of hydrogen-bond donors (Lipinski definition) is 1. The SMILES string of the molecule is CCOC(=O)CN(C(=O)c1c(N)c(CC)nn1C)C1CC1. The van der Waals surface area contributed by atoms with Gasteiger partial charge in [-0.2, -0.15) is 5.10 Å². The smallest absolute Gasteiger partial charge is 0.325 e. The van der Waals surface area contributed by atoms with Crippen molar-refractivity contribution >= 4 is 17.6 Å². The fraction of sp³-hybridized carbons (Fsp3) is 0.643. The van der Waals surface area contributed by atoms with Gasteiger partial charge in [0, 0.05) is 13.1 Å². The van der Waals surface area contributed by atoms with E-state index in [4.69, 9.17) is 10.5 Å². The van der Waals surface area contributed by atoms with Crippen LogP contribution in [-0.2, 0) is 23.0 Å². The largest absolute Gasteiger partial charge is 0.465 e. The van der Waals surface area contributed by atoms with E-state index in [0.29, 0.717) is 30.1 Å². The minimum absolute atomic E-state index is 0.0383. The van der Waals surface area contributed by atoms with Crippen molar-refractivity contribution in [3.05, 3.63) is 11.4 Å². The minimum atomic E-state index is -0.394. The molecular formula is C14H22N4O3. The number of esters is 1. The Hall–Kier alpha value is -2.05. The van der Waals surface area contributed by atoms with Gasteiger partial charge in [-0.15, -0.1) is 0 Å². The summed E-state index contributed by atoms with van der Waals surface area (Å²) in [5.74, 6) is -0.646. The van der Waals surface area contributed by atoms with Gasteiger partial charge in [0.25, 0.3) is 5.91 Å². The van der Waals surface area contributed by atoms with Gasteiger partial charge in [-0.05, 0) is 26.2 Å². The van der Waals surface area contributed by atoms with Gasteiger partial charge in [0.1, 0.15) is 12.2 Å². The molecule has 1 aromatic heterocycles. The van der Waals surface area contributed by atoms with Crippen LogP contribution in [0.2, 0.25) is 0 Å². The monoisotopic (exact) mass is 294 g/mol. The third-order valence-corrected chi connectivity index (χ3v) is 3.55. The van der Waals surface area contributed by atoms with Crippen LogP contribution in [0.4, 0.5) is 5.69 Å². The van der Waals surface area contributed by atoms with Crippen molar-refractivity contribution < 1.29 is 14.3 Å². The molecule has 1 fully saturated rings. The van der Waals surface area contributed by atoms with E-state index < -0.39 is 5.97 Å². The van der Waals surface area contributed by atoms with Crippen LogP contribution in [0.5, 0.6) is 0 Å². The van der Waals surface area contributed by atoms with Crippen LogP contribution in [0.25, 0.3) is 0 Å². The molecule has 7 heteroatoms. The number of nitrogens with zero attached hydrogens (tertiary/aromatic N) is 3. The zero-order chi connectivity index (χ0) is 15.6. The molecular weight excluding hydrogens is 272 g/mol. The summed E-state index contributed by atoms with van der Waals surface area (Å²) in [6.07, 6.45) is 2.47. The van der Waals surface area contributed by atoms with E-state index in [9.17, 15) is 9.59 Å². The Labute approximate surface area is 124 Å².